The van der Waals surface area contributed by atoms with E-state index < -0.39 is 0 Å². The van der Waals surface area contributed by atoms with Crippen molar-refractivity contribution in [1.29, 1.82) is 0 Å². The Morgan fingerprint density at radius 1 is 1.15 bits per heavy atom. The minimum absolute atomic E-state index is 0.0633. The lowest BCUT2D eigenvalue weighted by atomic mass is 9.88. The third kappa shape index (κ3) is 6.89. The van der Waals surface area contributed by atoms with Crippen LogP contribution in [0.2, 0.25) is 0 Å². The fraction of sp³-hybridized carbons (Fsp3) is 0.867. The molecule has 0 aromatic carbocycles. The van der Waals surface area contributed by atoms with Crippen molar-refractivity contribution < 1.29 is 9.59 Å². The van der Waals surface area contributed by atoms with Crippen LogP contribution >= 0.6 is 0 Å². The Labute approximate surface area is 122 Å². The fourth-order valence-corrected chi connectivity index (χ4v) is 2.31. The molecule has 1 fully saturated rings. The normalized spacial score (nSPS) is 16.0. The summed E-state index contributed by atoms with van der Waals surface area (Å²) >= 11 is 0. The smallest absolute Gasteiger partial charge is 0.223 e. The standard InChI is InChI=1S/C15H29N3O2/c1-11(2)12(7-8-16)5-6-14(19)17-9-10-18-15(20)13-3-4-13/h11-13H,3-10,16H2,1-2H3,(H,17,19)(H,18,20). The van der Waals surface area contributed by atoms with E-state index in [0.29, 0.717) is 37.9 Å². The lowest BCUT2D eigenvalue weighted by Crippen LogP contribution is -2.35. The second kappa shape index (κ2) is 8.95. The van der Waals surface area contributed by atoms with Crippen LogP contribution < -0.4 is 16.4 Å². The maximum Gasteiger partial charge on any atom is 0.223 e. The molecule has 0 aromatic heterocycles. The zero-order valence-electron chi connectivity index (χ0n) is 12.8. The maximum atomic E-state index is 11.7. The van der Waals surface area contributed by atoms with Gasteiger partial charge in [-0.15, -0.1) is 0 Å². The summed E-state index contributed by atoms with van der Waals surface area (Å²) in [4.78, 5) is 23.1. The van der Waals surface area contributed by atoms with E-state index in [9.17, 15) is 9.59 Å². The van der Waals surface area contributed by atoms with E-state index in [1.807, 2.05) is 0 Å². The van der Waals surface area contributed by atoms with Crippen LogP contribution in [-0.4, -0.2) is 31.4 Å². The average Bonchev–Trinajstić information content (AvgIpc) is 3.23. The van der Waals surface area contributed by atoms with E-state index in [-0.39, 0.29) is 17.7 Å². The van der Waals surface area contributed by atoms with Crippen molar-refractivity contribution in [2.24, 2.45) is 23.5 Å². The summed E-state index contributed by atoms with van der Waals surface area (Å²) in [5.41, 5.74) is 5.59. The molecule has 0 heterocycles. The van der Waals surface area contributed by atoms with Crippen LogP contribution in [0.5, 0.6) is 0 Å². The first-order valence-electron chi connectivity index (χ1n) is 7.79. The monoisotopic (exact) mass is 283 g/mol. The second-order valence-electron chi connectivity index (χ2n) is 6.04. The average molecular weight is 283 g/mol. The number of hydrogen-bond donors (Lipinski definition) is 3. The number of carbonyl (C=O) groups is 2. The van der Waals surface area contributed by atoms with Crippen LogP contribution in [0.4, 0.5) is 0 Å². The predicted octanol–water partition coefficient (Wildman–Crippen LogP) is 1.03. The van der Waals surface area contributed by atoms with Crippen LogP contribution in [0, 0.1) is 17.8 Å². The van der Waals surface area contributed by atoms with Crippen molar-refractivity contribution in [3.8, 4) is 0 Å². The number of amides is 2. The van der Waals surface area contributed by atoms with Crippen LogP contribution in [-0.2, 0) is 9.59 Å². The van der Waals surface area contributed by atoms with E-state index in [2.05, 4.69) is 24.5 Å². The lowest BCUT2D eigenvalue weighted by Gasteiger charge is -2.19. The van der Waals surface area contributed by atoms with E-state index in [1.165, 1.54) is 0 Å². The van der Waals surface area contributed by atoms with Gasteiger partial charge in [0, 0.05) is 25.4 Å². The van der Waals surface area contributed by atoms with E-state index >= 15 is 0 Å². The van der Waals surface area contributed by atoms with Crippen molar-refractivity contribution in [2.75, 3.05) is 19.6 Å². The molecule has 0 spiro atoms. The third-order valence-corrected chi connectivity index (χ3v) is 3.92. The van der Waals surface area contributed by atoms with Gasteiger partial charge in [-0.1, -0.05) is 13.8 Å². The van der Waals surface area contributed by atoms with Gasteiger partial charge in [0.05, 0.1) is 0 Å². The molecule has 116 valence electrons. The molecule has 20 heavy (non-hydrogen) atoms. The van der Waals surface area contributed by atoms with Crippen LogP contribution in [0.15, 0.2) is 0 Å². The van der Waals surface area contributed by atoms with E-state index in [1.54, 1.807) is 0 Å². The van der Waals surface area contributed by atoms with Crippen molar-refractivity contribution in [3.05, 3.63) is 0 Å². The summed E-state index contributed by atoms with van der Waals surface area (Å²) in [5, 5.41) is 5.68. The van der Waals surface area contributed by atoms with E-state index in [4.69, 9.17) is 5.73 Å². The molecular formula is C15H29N3O2. The quantitative estimate of drug-likeness (QED) is 0.524. The summed E-state index contributed by atoms with van der Waals surface area (Å²) in [6.45, 7) is 6.06. The van der Waals surface area contributed by atoms with Gasteiger partial charge in [0.15, 0.2) is 0 Å². The number of nitrogens with one attached hydrogen (secondary N) is 2. The minimum Gasteiger partial charge on any atom is -0.354 e. The highest BCUT2D eigenvalue weighted by molar-refractivity contribution is 5.81. The van der Waals surface area contributed by atoms with E-state index in [0.717, 1.165) is 25.7 Å². The molecule has 2 amide bonds. The Bertz CT molecular complexity index is 314. The Morgan fingerprint density at radius 3 is 2.35 bits per heavy atom. The largest absolute Gasteiger partial charge is 0.354 e. The molecule has 1 unspecified atom stereocenters. The first-order chi connectivity index (χ1) is 9.54. The fourth-order valence-electron chi connectivity index (χ4n) is 2.31. The summed E-state index contributed by atoms with van der Waals surface area (Å²) in [5.74, 6) is 1.49. The molecule has 0 aromatic rings. The molecule has 1 aliphatic carbocycles. The predicted molar refractivity (Wildman–Crippen MR) is 80.0 cm³/mol. The molecule has 0 radical (unpaired) electrons. The Hall–Kier alpha value is -1.10. The van der Waals surface area contributed by atoms with Crippen LogP contribution in [0.3, 0.4) is 0 Å². The summed E-state index contributed by atoms with van der Waals surface area (Å²) in [6.07, 6.45) is 4.42. The molecule has 1 aliphatic rings. The Kier molecular flexibility index (Phi) is 7.59. The summed E-state index contributed by atoms with van der Waals surface area (Å²) in [6, 6.07) is 0. The van der Waals surface area contributed by atoms with Crippen LogP contribution in [0.25, 0.3) is 0 Å². The molecule has 1 atom stereocenters. The Balaban J connectivity index is 2.05. The van der Waals surface area contributed by atoms with Crippen molar-refractivity contribution in [3.63, 3.8) is 0 Å². The van der Waals surface area contributed by atoms with Gasteiger partial charge in [-0.25, -0.2) is 0 Å². The van der Waals surface area contributed by atoms with Gasteiger partial charge in [0.25, 0.3) is 0 Å². The zero-order valence-corrected chi connectivity index (χ0v) is 12.8. The topological polar surface area (TPSA) is 84.2 Å². The first kappa shape index (κ1) is 17.0. The maximum absolute atomic E-state index is 11.7. The van der Waals surface area contributed by atoms with Crippen molar-refractivity contribution in [2.45, 2.75) is 46.0 Å². The lowest BCUT2D eigenvalue weighted by molar-refractivity contribution is -0.123. The first-order valence-corrected chi connectivity index (χ1v) is 7.79. The molecule has 4 N–H and O–H groups in total. The molecular weight excluding hydrogens is 254 g/mol. The molecule has 1 saturated carbocycles. The van der Waals surface area contributed by atoms with Crippen molar-refractivity contribution >= 4 is 11.8 Å². The van der Waals surface area contributed by atoms with Crippen LogP contribution in [0.1, 0.15) is 46.0 Å². The number of rotatable bonds is 10. The van der Waals surface area contributed by atoms with Gasteiger partial charge in [0.1, 0.15) is 0 Å². The highest BCUT2D eigenvalue weighted by Crippen LogP contribution is 2.28. The zero-order chi connectivity index (χ0) is 15.0. The molecule has 1 rings (SSSR count). The minimum atomic E-state index is 0.0633. The van der Waals surface area contributed by atoms with Gasteiger partial charge < -0.3 is 16.4 Å². The number of hydrogen-bond acceptors (Lipinski definition) is 3. The summed E-state index contributed by atoms with van der Waals surface area (Å²) < 4.78 is 0. The highest BCUT2D eigenvalue weighted by atomic mass is 16.2. The molecule has 0 saturated heterocycles. The SMILES string of the molecule is CC(C)C(CCN)CCC(=O)NCCNC(=O)C1CC1. The third-order valence-electron chi connectivity index (χ3n) is 3.92. The van der Waals surface area contributed by atoms with Gasteiger partial charge in [-0.05, 0) is 44.1 Å². The molecule has 0 bridgehead atoms. The van der Waals surface area contributed by atoms with Crippen molar-refractivity contribution in [1.82, 2.24) is 10.6 Å². The molecule has 0 aliphatic heterocycles. The Morgan fingerprint density at radius 2 is 1.80 bits per heavy atom. The number of carbonyl (C=O) groups excluding carboxylic acids is 2. The van der Waals surface area contributed by atoms with Gasteiger partial charge in [-0.2, -0.15) is 0 Å². The van der Waals surface area contributed by atoms with Gasteiger partial charge >= 0.3 is 0 Å². The highest BCUT2D eigenvalue weighted by Gasteiger charge is 2.28. The molecule has 5 heteroatoms. The second-order valence-corrected chi connectivity index (χ2v) is 6.04. The van der Waals surface area contributed by atoms with Gasteiger partial charge in [-0.3, -0.25) is 9.59 Å². The summed E-state index contributed by atoms with van der Waals surface area (Å²) in [7, 11) is 0. The number of nitrogens with two attached hydrogens (primary N) is 1. The molecule has 5 nitrogen and oxygen atoms in total. The van der Waals surface area contributed by atoms with Gasteiger partial charge in [0.2, 0.25) is 11.8 Å².